The van der Waals surface area contributed by atoms with Gasteiger partial charge in [-0.1, -0.05) is 24.6 Å². The average molecular weight is 229 g/mol. The molecule has 1 rings (SSSR count). The summed E-state index contributed by atoms with van der Waals surface area (Å²) in [6, 6.07) is 4.96. The molecule has 0 aliphatic carbocycles. The third-order valence-corrected chi connectivity index (χ3v) is 2.42. The fourth-order valence-corrected chi connectivity index (χ4v) is 1.69. The van der Waals surface area contributed by atoms with E-state index in [-0.39, 0.29) is 10.7 Å². The van der Waals surface area contributed by atoms with Gasteiger partial charge in [0.15, 0.2) is 0 Å². The number of nitro groups is 1. The van der Waals surface area contributed by atoms with Gasteiger partial charge in [0.2, 0.25) is 0 Å². The van der Waals surface area contributed by atoms with E-state index in [0.717, 1.165) is 13.0 Å². The highest BCUT2D eigenvalue weighted by Crippen LogP contribution is 2.34. The minimum Gasteiger partial charge on any atom is -0.369 e. The van der Waals surface area contributed by atoms with Crippen molar-refractivity contribution in [2.45, 2.75) is 13.3 Å². The molecule has 0 atom stereocenters. The first kappa shape index (κ1) is 11.8. The number of para-hydroxylation sites is 1. The Morgan fingerprint density at radius 1 is 1.53 bits per heavy atom. The number of anilines is 1. The zero-order chi connectivity index (χ0) is 11.4. The smallest absolute Gasteiger partial charge is 0.310 e. The zero-order valence-electron chi connectivity index (χ0n) is 8.74. The molecular formula is C10H13ClN2O2. The minimum absolute atomic E-state index is 0.0184. The standard InChI is InChI=1S/C10H13ClN2O2/c1-3-7-12(2)9-6-4-5-8(11)10(9)13(14)15/h4-6H,3,7H2,1-2H3. The molecule has 0 unspecified atom stereocenters. The Hall–Kier alpha value is -1.29. The van der Waals surface area contributed by atoms with Crippen LogP contribution in [-0.2, 0) is 0 Å². The van der Waals surface area contributed by atoms with Crippen LogP contribution < -0.4 is 4.90 Å². The first-order chi connectivity index (χ1) is 7.07. The number of nitrogens with zero attached hydrogens (tertiary/aromatic N) is 2. The number of benzene rings is 1. The Labute approximate surface area is 93.6 Å². The lowest BCUT2D eigenvalue weighted by Crippen LogP contribution is -2.18. The van der Waals surface area contributed by atoms with Crippen molar-refractivity contribution in [2.75, 3.05) is 18.5 Å². The lowest BCUT2D eigenvalue weighted by molar-refractivity contribution is -0.384. The molecule has 15 heavy (non-hydrogen) atoms. The molecule has 0 fully saturated rings. The maximum atomic E-state index is 10.8. The van der Waals surface area contributed by atoms with Crippen LogP contribution in [0.2, 0.25) is 5.02 Å². The largest absolute Gasteiger partial charge is 0.369 e. The molecule has 0 aliphatic heterocycles. The average Bonchev–Trinajstić information content (AvgIpc) is 2.17. The number of hydrogen-bond acceptors (Lipinski definition) is 3. The Balaban J connectivity index is 3.16. The van der Waals surface area contributed by atoms with E-state index in [1.165, 1.54) is 6.07 Å². The SMILES string of the molecule is CCCN(C)c1cccc(Cl)c1[N+](=O)[O-]. The summed E-state index contributed by atoms with van der Waals surface area (Å²) in [4.78, 5) is 12.2. The third-order valence-electron chi connectivity index (χ3n) is 2.12. The number of nitro benzene ring substituents is 1. The Morgan fingerprint density at radius 2 is 2.20 bits per heavy atom. The molecule has 0 spiro atoms. The van der Waals surface area contributed by atoms with Crippen molar-refractivity contribution in [1.82, 2.24) is 0 Å². The highest BCUT2D eigenvalue weighted by molar-refractivity contribution is 6.33. The summed E-state index contributed by atoms with van der Waals surface area (Å²) in [6.45, 7) is 2.79. The molecule has 0 N–H and O–H groups in total. The molecule has 1 aromatic carbocycles. The van der Waals surface area contributed by atoms with E-state index in [9.17, 15) is 10.1 Å². The molecule has 82 valence electrons. The van der Waals surface area contributed by atoms with Crippen LogP contribution in [0.3, 0.4) is 0 Å². The van der Waals surface area contributed by atoms with Crippen LogP contribution in [0.25, 0.3) is 0 Å². The number of rotatable bonds is 4. The molecular weight excluding hydrogens is 216 g/mol. The fourth-order valence-electron chi connectivity index (χ4n) is 1.45. The minimum atomic E-state index is -0.441. The Kier molecular flexibility index (Phi) is 3.91. The molecule has 0 aliphatic rings. The van der Waals surface area contributed by atoms with Crippen molar-refractivity contribution in [2.24, 2.45) is 0 Å². The second-order valence-electron chi connectivity index (χ2n) is 3.29. The van der Waals surface area contributed by atoms with Crippen molar-refractivity contribution >= 4 is 23.0 Å². The van der Waals surface area contributed by atoms with Gasteiger partial charge in [0.25, 0.3) is 0 Å². The van der Waals surface area contributed by atoms with Crippen molar-refractivity contribution < 1.29 is 4.92 Å². The summed E-state index contributed by atoms with van der Waals surface area (Å²) in [5.41, 5.74) is 0.546. The van der Waals surface area contributed by atoms with E-state index in [1.54, 1.807) is 12.1 Å². The quantitative estimate of drug-likeness (QED) is 0.588. The molecule has 0 amide bonds. The van der Waals surface area contributed by atoms with Gasteiger partial charge in [0.1, 0.15) is 10.7 Å². The highest BCUT2D eigenvalue weighted by atomic mass is 35.5. The van der Waals surface area contributed by atoms with Crippen LogP contribution in [0.1, 0.15) is 13.3 Å². The van der Waals surface area contributed by atoms with E-state index in [0.29, 0.717) is 5.69 Å². The molecule has 1 aromatic rings. The van der Waals surface area contributed by atoms with Crippen LogP contribution in [0.15, 0.2) is 18.2 Å². The second-order valence-corrected chi connectivity index (χ2v) is 3.69. The van der Waals surface area contributed by atoms with Gasteiger partial charge in [0.05, 0.1) is 4.92 Å². The lowest BCUT2D eigenvalue weighted by Gasteiger charge is -2.18. The van der Waals surface area contributed by atoms with E-state index < -0.39 is 4.92 Å². The van der Waals surface area contributed by atoms with Crippen LogP contribution in [0.4, 0.5) is 11.4 Å². The maximum Gasteiger partial charge on any atom is 0.310 e. The van der Waals surface area contributed by atoms with Gasteiger partial charge >= 0.3 is 5.69 Å². The number of halogens is 1. The summed E-state index contributed by atoms with van der Waals surface area (Å²) in [5.74, 6) is 0. The van der Waals surface area contributed by atoms with Crippen molar-refractivity contribution in [3.8, 4) is 0 Å². The summed E-state index contributed by atoms with van der Waals surface area (Å²) in [7, 11) is 1.82. The van der Waals surface area contributed by atoms with Crippen molar-refractivity contribution in [3.63, 3.8) is 0 Å². The van der Waals surface area contributed by atoms with Gasteiger partial charge < -0.3 is 4.90 Å². The van der Waals surface area contributed by atoms with Gasteiger partial charge in [-0.05, 0) is 18.6 Å². The van der Waals surface area contributed by atoms with Gasteiger partial charge in [-0.15, -0.1) is 0 Å². The monoisotopic (exact) mass is 228 g/mol. The van der Waals surface area contributed by atoms with Crippen LogP contribution in [-0.4, -0.2) is 18.5 Å². The highest BCUT2D eigenvalue weighted by Gasteiger charge is 2.20. The topological polar surface area (TPSA) is 46.4 Å². The van der Waals surface area contributed by atoms with Gasteiger partial charge in [-0.2, -0.15) is 0 Å². The molecule has 0 saturated carbocycles. The third kappa shape index (κ3) is 2.59. The molecule has 5 heteroatoms. The van der Waals surface area contributed by atoms with E-state index in [4.69, 9.17) is 11.6 Å². The van der Waals surface area contributed by atoms with Crippen molar-refractivity contribution in [1.29, 1.82) is 0 Å². The van der Waals surface area contributed by atoms with E-state index in [1.807, 2.05) is 18.9 Å². The molecule has 0 radical (unpaired) electrons. The zero-order valence-corrected chi connectivity index (χ0v) is 9.49. The lowest BCUT2D eigenvalue weighted by atomic mass is 10.2. The second kappa shape index (κ2) is 4.98. The first-order valence-electron chi connectivity index (χ1n) is 4.72. The Bertz CT molecular complexity index is 368. The first-order valence-corrected chi connectivity index (χ1v) is 5.09. The molecule has 4 nitrogen and oxygen atoms in total. The summed E-state index contributed by atoms with van der Waals surface area (Å²) < 4.78 is 0. The van der Waals surface area contributed by atoms with Crippen LogP contribution in [0.5, 0.6) is 0 Å². The van der Waals surface area contributed by atoms with Gasteiger partial charge in [0, 0.05) is 13.6 Å². The predicted octanol–water partition coefficient (Wildman–Crippen LogP) is 3.09. The molecule has 0 heterocycles. The Morgan fingerprint density at radius 3 is 2.73 bits per heavy atom. The van der Waals surface area contributed by atoms with Crippen LogP contribution in [0, 0.1) is 10.1 Å². The summed E-state index contributed by atoms with van der Waals surface area (Å²) in [6.07, 6.45) is 0.931. The van der Waals surface area contributed by atoms with Gasteiger partial charge in [-0.3, -0.25) is 10.1 Å². The van der Waals surface area contributed by atoms with E-state index >= 15 is 0 Å². The number of hydrogen-bond donors (Lipinski definition) is 0. The van der Waals surface area contributed by atoms with E-state index in [2.05, 4.69) is 0 Å². The van der Waals surface area contributed by atoms with Crippen molar-refractivity contribution in [3.05, 3.63) is 33.3 Å². The van der Waals surface area contributed by atoms with Crippen LogP contribution >= 0.6 is 11.6 Å². The summed E-state index contributed by atoms with van der Waals surface area (Å²) in [5, 5.41) is 11.0. The molecule has 0 aromatic heterocycles. The summed E-state index contributed by atoms with van der Waals surface area (Å²) >= 11 is 5.80. The fraction of sp³-hybridized carbons (Fsp3) is 0.400. The molecule has 0 bridgehead atoms. The normalized spacial score (nSPS) is 10.1. The molecule has 0 saturated heterocycles. The van der Waals surface area contributed by atoms with Gasteiger partial charge in [-0.25, -0.2) is 0 Å². The maximum absolute atomic E-state index is 10.8. The predicted molar refractivity (Wildman–Crippen MR) is 61.7 cm³/mol.